The van der Waals surface area contributed by atoms with Crippen molar-refractivity contribution in [2.45, 2.75) is 6.42 Å². The highest BCUT2D eigenvalue weighted by Crippen LogP contribution is 2.28. The average Bonchev–Trinajstić information content (AvgIpc) is 2.49. The van der Waals surface area contributed by atoms with Crippen molar-refractivity contribution in [3.05, 3.63) is 76.3 Å². The zero-order chi connectivity index (χ0) is 14.8. The predicted molar refractivity (Wildman–Crippen MR) is 82.6 cm³/mol. The van der Waals surface area contributed by atoms with Gasteiger partial charge >= 0.3 is 0 Å². The summed E-state index contributed by atoms with van der Waals surface area (Å²) in [4.78, 5) is 24.2. The number of carbonyl (C=O) groups excluding carboxylic acids is 2. The molecule has 1 aliphatic heterocycles. The van der Waals surface area contributed by atoms with Gasteiger partial charge in [0.15, 0.2) is 5.78 Å². The molecule has 0 fully saturated rings. The molecule has 21 heavy (non-hydrogen) atoms. The topological polar surface area (TPSA) is 46.2 Å². The van der Waals surface area contributed by atoms with Gasteiger partial charge in [0.05, 0.1) is 0 Å². The molecule has 1 aliphatic rings. The molecule has 0 radical (unpaired) electrons. The van der Waals surface area contributed by atoms with Gasteiger partial charge in [-0.25, -0.2) is 0 Å². The third kappa shape index (κ3) is 2.88. The molecular weight excluding hydrogens is 286 g/mol. The molecule has 3 nitrogen and oxygen atoms in total. The highest BCUT2D eigenvalue weighted by molar-refractivity contribution is 6.31. The molecule has 0 aromatic heterocycles. The number of rotatable bonds is 2. The van der Waals surface area contributed by atoms with E-state index >= 15 is 0 Å². The van der Waals surface area contributed by atoms with Crippen molar-refractivity contribution in [1.29, 1.82) is 0 Å². The van der Waals surface area contributed by atoms with Crippen molar-refractivity contribution in [2.24, 2.45) is 0 Å². The van der Waals surface area contributed by atoms with Gasteiger partial charge in [-0.15, -0.1) is 0 Å². The molecule has 0 saturated heterocycles. The van der Waals surface area contributed by atoms with E-state index in [9.17, 15) is 9.59 Å². The molecule has 2 aromatic rings. The lowest BCUT2D eigenvalue weighted by molar-refractivity contribution is -0.113. The molecule has 0 bridgehead atoms. The number of allylic oxidation sites excluding steroid dienone is 1. The molecule has 1 amide bonds. The summed E-state index contributed by atoms with van der Waals surface area (Å²) in [5, 5.41) is 3.33. The lowest BCUT2D eigenvalue weighted by Crippen LogP contribution is -2.23. The number of amides is 1. The lowest BCUT2D eigenvalue weighted by Gasteiger charge is -2.19. The minimum absolute atomic E-state index is 0.168. The predicted octanol–water partition coefficient (Wildman–Crippen LogP) is 3.64. The quantitative estimate of drug-likeness (QED) is 0.679. The van der Waals surface area contributed by atoms with E-state index in [1.807, 2.05) is 12.1 Å². The maximum absolute atomic E-state index is 12.1. The van der Waals surface area contributed by atoms with Crippen LogP contribution in [0, 0.1) is 0 Å². The van der Waals surface area contributed by atoms with Gasteiger partial charge in [-0.3, -0.25) is 9.59 Å². The van der Waals surface area contributed by atoms with E-state index < -0.39 is 0 Å². The fourth-order valence-electron chi connectivity index (χ4n) is 2.27. The molecule has 0 spiro atoms. The lowest BCUT2D eigenvalue weighted by atomic mass is 9.96. The van der Waals surface area contributed by atoms with Gasteiger partial charge in [0.1, 0.15) is 0 Å². The zero-order valence-corrected chi connectivity index (χ0v) is 11.9. The average molecular weight is 298 g/mol. The third-order valence-corrected chi connectivity index (χ3v) is 3.59. The van der Waals surface area contributed by atoms with E-state index in [1.54, 1.807) is 36.4 Å². The number of benzene rings is 2. The minimum atomic E-state index is -0.256. The number of anilines is 1. The van der Waals surface area contributed by atoms with E-state index in [-0.39, 0.29) is 11.7 Å². The maximum atomic E-state index is 12.1. The Labute approximate surface area is 127 Å². The largest absolute Gasteiger partial charge is 0.322 e. The summed E-state index contributed by atoms with van der Waals surface area (Å²) >= 11 is 5.91. The van der Waals surface area contributed by atoms with E-state index in [0.717, 1.165) is 5.56 Å². The van der Waals surface area contributed by atoms with Crippen LogP contribution < -0.4 is 5.32 Å². The van der Waals surface area contributed by atoms with Crippen molar-refractivity contribution in [3.63, 3.8) is 0 Å². The van der Waals surface area contributed by atoms with E-state index in [1.165, 1.54) is 6.08 Å². The third-order valence-electron chi connectivity index (χ3n) is 3.36. The molecule has 4 heteroatoms. The number of halogens is 1. The molecule has 0 aliphatic carbocycles. The number of carbonyl (C=O) groups is 2. The summed E-state index contributed by atoms with van der Waals surface area (Å²) in [5.74, 6) is -0.424. The number of fused-ring (bicyclic) bond motifs is 1. The van der Waals surface area contributed by atoms with Crippen LogP contribution in [-0.2, 0) is 11.2 Å². The second-order valence-electron chi connectivity index (χ2n) is 4.83. The van der Waals surface area contributed by atoms with Crippen LogP contribution in [0.25, 0.3) is 0 Å². The smallest absolute Gasteiger partial charge is 0.252 e. The highest BCUT2D eigenvalue weighted by Gasteiger charge is 2.21. The Balaban J connectivity index is 1.90. The fourth-order valence-corrected chi connectivity index (χ4v) is 2.44. The number of nitrogens with one attached hydrogen (secondary N) is 1. The molecule has 0 atom stereocenters. The Bertz CT molecular complexity index is 751. The van der Waals surface area contributed by atoms with Crippen molar-refractivity contribution in [1.82, 2.24) is 0 Å². The monoisotopic (exact) mass is 297 g/mol. The number of hydrogen-bond acceptors (Lipinski definition) is 2. The van der Waals surface area contributed by atoms with Crippen molar-refractivity contribution < 1.29 is 9.59 Å². The van der Waals surface area contributed by atoms with Crippen LogP contribution in [0.2, 0.25) is 5.02 Å². The van der Waals surface area contributed by atoms with Gasteiger partial charge in [0, 0.05) is 28.3 Å². The first-order chi connectivity index (χ1) is 10.1. The summed E-state index contributed by atoms with van der Waals surface area (Å²) in [6, 6.07) is 14.2. The number of hydrogen-bond donors (Lipinski definition) is 1. The van der Waals surface area contributed by atoms with Crippen LogP contribution in [0.5, 0.6) is 0 Å². The van der Waals surface area contributed by atoms with Crippen LogP contribution in [-0.4, -0.2) is 11.7 Å². The standard InChI is InChI=1S/C17H12ClNO2/c18-14-7-6-12-8-13(17(21)19-15(12)10-14)9-16(20)11-4-2-1-3-5-11/h1-7,9-10H,8H2,(H,19,21)/b13-9+. The molecule has 0 saturated carbocycles. The molecule has 0 unspecified atom stereocenters. The van der Waals surface area contributed by atoms with Gasteiger partial charge < -0.3 is 5.32 Å². The summed E-state index contributed by atoms with van der Waals surface area (Å²) in [6.45, 7) is 0. The minimum Gasteiger partial charge on any atom is -0.322 e. The summed E-state index contributed by atoms with van der Waals surface area (Å²) < 4.78 is 0. The Kier molecular flexibility index (Phi) is 3.59. The second-order valence-corrected chi connectivity index (χ2v) is 5.27. The second kappa shape index (κ2) is 5.54. The molecule has 3 rings (SSSR count). The molecule has 2 aromatic carbocycles. The first-order valence-corrected chi connectivity index (χ1v) is 6.91. The Morgan fingerprint density at radius 2 is 1.90 bits per heavy atom. The summed E-state index contributed by atoms with van der Waals surface area (Å²) in [6.07, 6.45) is 1.83. The Hall–Kier alpha value is -2.39. The van der Waals surface area contributed by atoms with Crippen LogP contribution in [0.3, 0.4) is 0 Å². The summed E-state index contributed by atoms with van der Waals surface area (Å²) in [5.41, 5.74) is 2.68. The first-order valence-electron chi connectivity index (χ1n) is 6.53. The van der Waals surface area contributed by atoms with E-state index in [4.69, 9.17) is 11.6 Å². The summed E-state index contributed by atoms with van der Waals surface area (Å²) in [7, 11) is 0. The van der Waals surface area contributed by atoms with Gasteiger partial charge in [-0.05, 0) is 23.8 Å². The van der Waals surface area contributed by atoms with Gasteiger partial charge in [-0.1, -0.05) is 48.0 Å². The first kappa shape index (κ1) is 13.6. The van der Waals surface area contributed by atoms with Crippen LogP contribution in [0.1, 0.15) is 15.9 Å². The Morgan fingerprint density at radius 3 is 2.67 bits per heavy atom. The fraction of sp³-hybridized carbons (Fsp3) is 0.0588. The molecule has 1 N–H and O–H groups in total. The molecule has 1 heterocycles. The van der Waals surface area contributed by atoms with Crippen LogP contribution in [0.15, 0.2) is 60.2 Å². The van der Waals surface area contributed by atoms with Gasteiger partial charge in [0.2, 0.25) is 0 Å². The van der Waals surface area contributed by atoms with Crippen molar-refractivity contribution in [3.8, 4) is 0 Å². The number of ketones is 1. The van der Waals surface area contributed by atoms with Crippen LogP contribution >= 0.6 is 11.6 Å². The SMILES string of the molecule is O=C1Nc2cc(Cl)ccc2C/C1=C\C(=O)c1ccccc1. The van der Waals surface area contributed by atoms with Crippen molar-refractivity contribution >= 4 is 29.0 Å². The zero-order valence-electron chi connectivity index (χ0n) is 11.1. The molecular formula is C17H12ClNO2. The van der Waals surface area contributed by atoms with E-state index in [0.29, 0.717) is 28.3 Å². The Morgan fingerprint density at radius 1 is 1.14 bits per heavy atom. The van der Waals surface area contributed by atoms with Crippen molar-refractivity contribution in [2.75, 3.05) is 5.32 Å². The molecule has 104 valence electrons. The van der Waals surface area contributed by atoms with Gasteiger partial charge in [-0.2, -0.15) is 0 Å². The normalized spacial score (nSPS) is 15.5. The van der Waals surface area contributed by atoms with Gasteiger partial charge in [0.25, 0.3) is 5.91 Å². The van der Waals surface area contributed by atoms with E-state index in [2.05, 4.69) is 5.32 Å². The van der Waals surface area contributed by atoms with Crippen LogP contribution in [0.4, 0.5) is 5.69 Å². The highest BCUT2D eigenvalue weighted by atomic mass is 35.5. The maximum Gasteiger partial charge on any atom is 0.252 e.